The topological polar surface area (TPSA) is 86.4 Å². The van der Waals surface area contributed by atoms with Gasteiger partial charge in [0.25, 0.3) is 11.3 Å². The van der Waals surface area contributed by atoms with Gasteiger partial charge in [-0.1, -0.05) is 39.0 Å². The van der Waals surface area contributed by atoms with Gasteiger partial charge in [0.05, 0.1) is 35.4 Å². The molecule has 0 spiro atoms. The van der Waals surface area contributed by atoms with E-state index in [1.807, 2.05) is 36.1 Å². The first-order valence-corrected chi connectivity index (χ1v) is 10.1. The van der Waals surface area contributed by atoms with Crippen molar-refractivity contribution in [2.45, 2.75) is 33.2 Å². The lowest BCUT2D eigenvalue weighted by atomic mass is 9.99. The first-order chi connectivity index (χ1) is 14.4. The molecule has 0 fully saturated rings. The summed E-state index contributed by atoms with van der Waals surface area (Å²) in [5.41, 5.74) is 2.56. The molecule has 0 saturated carbocycles. The van der Waals surface area contributed by atoms with E-state index >= 15 is 0 Å². The lowest BCUT2D eigenvalue weighted by Crippen LogP contribution is -2.41. The highest BCUT2D eigenvalue weighted by atomic mass is 16.2. The monoisotopic (exact) mass is 404 g/mol. The molecule has 0 aliphatic carbocycles. The summed E-state index contributed by atoms with van der Waals surface area (Å²) >= 11 is 0. The van der Waals surface area contributed by atoms with E-state index in [1.54, 1.807) is 18.2 Å². The van der Waals surface area contributed by atoms with E-state index in [4.69, 9.17) is 0 Å². The zero-order valence-corrected chi connectivity index (χ0v) is 17.3. The van der Waals surface area contributed by atoms with Gasteiger partial charge in [-0.3, -0.25) is 24.2 Å². The number of rotatable bonds is 6. The first-order valence-electron chi connectivity index (χ1n) is 10.1. The molecular formula is C23H24N4O3. The minimum absolute atomic E-state index is 0.189. The summed E-state index contributed by atoms with van der Waals surface area (Å²) in [4.78, 5) is 48.3. The summed E-state index contributed by atoms with van der Waals surface area (Å²) < 4.78 is 0. The maximum atomic E-state index is 12.7. The highest BCUT2D eigenvalue weighted by Crippen LogP contribution is 2.32. The van der Waals surface area contributed by atoms with Crippen LogP contribution in [0.4, 0.5) is 5.69 Å². The maximum Gasteiger partial charge on any atom is 0.300 e. The van der Waals surface area contributed by atoms with Crippen LogP contribution in [-0.4, -0.2) is 39.8 Å². The molecule has 0 saturated heterocycles. The van der Waals surface area contributed by atoms with Crippen LogP contribution in [-0.2, 0) is 11.3 Å². The van der Waals surface area contributed by atoms with E-state index in [9.17, 15) is 14.4 Å². The Morgan fingerprint density at radius 2 is 1.87 bits per heavy atom. The number of ketones is 1. The Bertz CT molecular complexity index is 1200. The number of anilines is 1. The van der Waals surface area contributed by atoms with Crippen LogP contribution >= 0.6 is 0 Å². The van der Waals surface area contributed by atoms with Gasteiger partial charge in [-0.05, 0) is 42.3 Å². The van der Waals surface area contributed by atoms with Crippen LogP contribution in [0.1, 0.15) is 48.4 Å². The van der Waals surface area contributed by atoms with Crippen molar-refractivity contribution in [2.75, 3.05) is 18.1 Å². The van der Waals surface area contributed by atoms with Crippen molar-refractivity contribution >= 4 is 28.3 Å². The number of nitrogens with one attached hydrogen (secondary N) is 1. The lowest BCUT2D eigenvalue weighted by molar-refractivity contribution is -0.114. The molecule has 1 N–H and O–H groups in total. The van der Waals surface area contributed by atoms with Crippen molar-refractivity contribution in [2.24, 2.45) is 0 Å². The largest absolute Gasteiger partial charge is 0.309 e. The van der Waals surface area contributed by atoms with Crippen molar-refractivity contribution in [3.05, 3.63) is 69.8 Å². The summed E-state index contributed by atoms with van der Waals surface area (Å²) in [5.74, 6) is -0.200. The Kier molecular flexibility index (Phi) is 5.22. The Balaban J connectivity index is 1.60. The number of fused-ring (bicyclic) bond motifs is 2. The molecular weight excluding hydrogens is 380 g/mol. The van der Waals surface area contributed by atoms with E-state index in [0.717, 1.165) is 5.56 Å². The zero-order chi connectivity index (χ0) is 21.4. The third-order valence-electron chi connectivity index (χ3n) is 5.49. The van der Waals surface area contributed by atoms with Crippen molar-refractivity contribution in [1.82, 2.24) is 14.9 Å². The molecule has 1 aromatic heterocycles. The zero-order valence-electron chi connectivity index (χ0n) is 17.3. The van der Waals surface area contributed by atoms with Crippen LogP contribution in [0.15, 0.2) is 47.3 Å². The minimum Gasteiger partial charge on any atom is -0.309 e. The smallest absolute Gasteiger partial charge is 0.300 e. The van der Waals surface area contributed by atoms with Gasteiger partial charge in [0.15, 0.2) is 0 Å². The minimum atomic E-state index is -0.524. The summed E-state index contributed by atoms with van der Waals surface area (Å²) in [7, 11) is 0. The second-order valence-corrected chi connectivity index (χ2v) is 7.81. The van der Waals surface area contributed by atoms with Gasteiger partial charge < -0.3 is 4.98 Å². The predicted molar refractivity (Wildman–Crippen MR) is 116 cm³/mol. The number of Topliss-reactive ketones (excluding diaryl/α,β-unsaturated/α-hetero) is 1. The van der Waals surface area contributed by atoms with Gasteiger partial charge >= 0.3 is 5.91 Å². The molecule has 0 unspecified atom stereocenters. The fourth-order valence-electron chi connectivity index (χ4n) is 3.70. The molecule has 7 heteroatoms. The lowest BCUT2D eigenvalue weighted by Gasteiger charge is -2.26. The number of para-hydroxylation sites is 1. The second-order valence-electron chi connectivity index (χ2n) is 7.81. The van der Waals surface area contributed by atoms with Crippen molar-refractivity contribution in [3.8, 4) is 0 Å². The van der Waals surface area contributed by atoms with Gasteiger partial charge in [-0.25, -0.2) is 4.98 Å². The summed E-state index contributed by atoms with van der Waals surface area (Å²) in [6.45, 7) is 7.28. The van der Waals surface area contributed by atoms with Crippen LogP contribution < -0.4 is 10.5 Å². The highest BCUT2D eigenvalue weighted by Gasteiger charge is 2.36. The van der Waals surface area contributed by atoms with Gasteiger partial charge in [0.1, 0.15) is 5.82 Å². The summed E-state index contributed by atoms with van der Waals surface area (Å²) in [6.07, 6.45) is 0. The molecule has 1 aliphatic rings. The number of aromatic amines is 1. The molecule has 4 rings (SSSR count). The Hall–Kier alpha value is -3.32. The van der Waals surface area contributed by atoms with E-state index in [-0.39, 0.29) is 18.1 Å². The van der Waals surface area contributed by atoms with Crippen LogP contribution in [0.3, 0.4) is 0 Å². The standard InChI is InChI=1S/C23H24N4O3/c1-4-26(12-20-24-18-8-6-5-7-16(18)22(29)25-20)13-27-19-10-9-15(14(2)3)11-17(19)21(28)23(27)30/h5-11,14H,4,12-13H2,1-3H3,(H,24,25,29). The van der Waals surface area contributed by atoms with Gasteiger partial charge in [0, 0.05) is 0 Å². The van der Waals surface area contributed by atoms with E-state index in [1.165, 1.54) is 4.90 Å². The van der Waals surface area contributed by atoms with Gasteiger partial charge in [-0.15, -0.1) is 0 Å². The van der Waals surface area contributed by atoms with Crippen LogP contribution in [0.25, 0.3) is 10.9 Å². The molecule has 1 aliphatic heterocycles. The number of hydrogen-bond donors (Lipinski definition) is 1. The highest BCUT2D eigenvalue weighted by molar-refractivity contribution is 6.52. The fraction of sp³-hybridized carbons (Fsp3) is 0.304. The number of aromatic nitrogens is 2. The number of H-pyrrole nitrogens is 1. The molecule has 154 valence electrons. The maximum absolute atomic E-state index is 12.7. The molecule has 1 amide bonds. The molecule has 3 aromatic rings. The van der Waals surface area contributed by atoms with E-state index in [0.29, 0.717) is 41.1 Å². The third-order valence-corrected chi connectivity index (χ3v) is 5.49. The molecule has 0 bridgehead atoms. The number of nitrogens with zero attached hydrogens (tertiary/aromatic N) is 3. The Labute approximate surface area is 174 Å². The van der Waals surface area contributed by atoms with Crippen molar-refractivity contribution in [3.63, 3.8) is 0 Å². The SMILES string of the molecule is CCN(Cc1nc2ccccc2c(=O)[nH]1)CN1C(=O)C(=O)c2cc(C(C)C)ccc21. The van der Waals surface area contributed by atoms with E-state index in [2.05, 4.69) is 23.8 Å². The Morgan fingerprint density at radius 3 is 2.60 bits per heavy atom. The van der Waals surface area contributed by atoms with E-state index < -0.39 is 11.7 Å². The number of benzene rings is 2. The van der Waals surface area contributed by atoms with Crippen molar-refractivity contribution < 1.29 is 9.59 Å². The second kappa shape index (κ2) is 7.84. The quantitative estimate of drug-likeness (QED) is 0.638. The van der Waals surface area contributed by atoms with Gasteiger partial charge in [0.2, 0.25) is 0 Å². The third kappa shape index (κ3) is 3.52. The normalized spacial score (nSPS) is 13.7. The molecule has 2 heterocycles. The van der Waals surface area contributed by atoms with Gasteiger partial charge in [-0.2, -0.15) is 0 Å². The summed E-state index contributed by atoms with van der Waals surface area (Å²) in [6, 6.07) is 12.8. The number of carbonyl (C=O) groups excluding carboxylic acids is 2. The average Bonchev–Trinajstić information content (AvgIpc) is 2.97. The predicted octanol–water partition coefficient (Wildman–Crippen LogP) is 3.06. The van der Waals surface area contributed by atoms with Crippen LogP contribution in [0.2, 0.25) is 0 Å². The van der Waals surface area contributed by atoms with Crippen LogP contribution in [0, 0.1) is 0 Å². The molecule has 0 atom stereocenters. The molecule has 7 nitrogen and oxygen atoms in total. The van der Waals surface area contributed by atoms with Crippen molar-refractivity contribution in [1.29, 1.82) is 0 Å². The molecule has 30 heavy (non-hydrogen) atoms. The molecule has 2 aromatic carbocycles. The fourth-order valence-corrected chi connectivity index (χ4v) is 3.70. The Morgan fingerprint density at radius 1 is 1.10 bits per heavy atom. The van der Waals surface area contributed by atoms with Crippen LogP contribution in [0.5, 0.6) is 0 Å². The summed E-state index contributed by atoms with van der Waals surface area (Å²) in [5, 5.41) is 0.541. The number of amides is 1. The molecule has 0 radical (unpaired) electrons. The number of hydrogen-bond acceptors (Lipinski definition) is 5. The average molecular weight is 404 g/mol. The number of carbonyl (C=O) groups is 2. The first kappa shape index (κ1) is 20.0.